The number of rotatable bonds is 5. The Hall–Kier alpha value is -1.47. The van der Waals surface area contributed by atoms with E-state index in [2.05, 4.69) is 14.7 Å². The number of carboxylic acid groups (broad SMARTS) is 1. The van der Waals surface area contributed by atoms with Crippen molar-refractivity contribution in [1.82, 2.24) is 9.36 Å². The molecule has 2 aromatic heterocycles. The largest absolute Gasteiger partial charge is 0.478 e. The van der Waals surface area contributed by atoms with E-state index in [-0.39, 0.29) is 5.56 Å². The molecule has 5 nitrogen and oxygen atoms in total. The van der Waals surface area contributed by atoms with Crippen LogP contribution in [0.15, 0.2) is 5.38 Å². The van der Waals surface area contributed by atoms with Crippen molar-refractivity contribution in [2.45, 2.75) is 20.3 Å². The molecule has 2 heterocycles. The van der Waals surface area contributed by atoms with Crippen molar-refractivity contribution in [2.24, 2.45) is 0 Å². The number of aromatic carboxylic acids is 1. The maximum Gasteiger partial charge on any atom is 0.340 e. The molecule has 0 aromatic carbocycles. The van der Waals surface area contributed by atoms with Gasteiger partial charge in [0.25, 0.3) is 0 Å². The van der Waals surface area contributed by atoms with Crippen LogP contribution in [0.4, 0.5) is 5.00 Å². The fraction of sp³-hybridized carbons (Fsp3) is 0.364. The van der Waals surface area contributed by atoms with Gasteiger partial charge in [-0.1, -0.05) is 0 Å². The molecule has 0 radical (unpaired) electrons. The summed E-state index contributed by atoms with van der Waals surface area (Å²) in [4.78, 5) is 15.4. The SMILES string of the molecule is Cc1nc(CCNc2snc(C)c2C(=O)O)cs1. The molecule has 0 atom stereocenters. The van der Waals surface area contributed by atoms with E-state index in [1.807, 2.05) is 12.3 Å². The molecule has 2 N–H and O–H groups in total. The van der Waals surface area contributed by atoms with Crippen molar-refractivity contribution < 1.29 is 9.90 Å². The highest BCUT2D eigenvalue weighted by Crippen LogP contribution is 2.24. The van der Waals surface area contributed by atoms with Gasteiger partial charge in [-0.3, -0.25) is 0 Å². The maximum absolute atomic E-state index is 11.1. The average Bonchev–Trinajstić information content (AvgIpc) is 2.86. The van der Waals surface area contributed by atoms with Crippen molar-refractivity contribution in [2.75, 3.05) is 11.9 Å². The topological polar surface area (TPSA) is 75.1 Å². The van der Waals surface area contributed by atoms with Crippen LogP contribution in [-0.4, -0.2) is 27.0 Å². The molecule has 0 unspecified atom stereocenters. The molecule has 2 aromatic rings. The van der Waals surface area contributed by atoms with E-state index in [4.69, 9.17) is 5.11 Å². The zero-order valence-corrected chi connectivity index (χ0v) is 11.7. The lowest BCUT2D eigenvalue weighted by Gasteiger charge is -2.03. The maximum atomic E-state index is 11.1. The van der Waals surface area contributed by atoms with Gasteiger partial charge in [0.15, 0.2) is 0 Å². The predicted octanol–water partition coefficient (Wildman–Crippen LogP) is 2.57. The molecule has 2 rings (SSSR count). The first kappa shape index (κ1) is 13.0. The van der Waals surface area contributed by atoms with E-state index in [1.165, 1.54) is 11.5 Å². The molecule has 0 aliphatic rings. The number of thiazole rings is 1. The second-order valence-corrected chi connectivity index (χ2v) is 5.65. The Morgan fingerprint density at radius 2 is 2.28 bits per heavy atom. The molecule has 0 aliphatic carbocycles. The van der Waals surface area contributed by atoms with Gasteiger partial charge in [-0.2, -0.15) is 4.37 Å². The normalized spacial score (nSPS) is 10.6. The summed E-state index contributed by atoms with van der Waals surface area (Å²) in [5.41, 5.74) is 1.86. The number of aromatic nitrogens is 2. The number of hydrogen-bond acceptors (Lipinski definition) is 6. The lowest BCUT2D eigenvalue weighted by atomic mass is 10.2. The lowest BCUT2D eigenvalue weighted by Crippen LogP contribution is -2.08. The number of aryl methyl sites for hydroxylation is 2. The Morgan fingerprint density at radius 1 is 1.50 bits per heavy atom. The summed E-state index contributed by atoms with van der Waals surface area (Å²) in [7, 11) is 0. The fourth-order valence-corrected chi connectivity index (χ4v) is 3.03. The van der Waals surface area contributed by atoms with Crippen molar-refractivity contribution in [1.29, 1.82) is 0 Å². The zero-order chi connectivity index (χ0) is 13.1. The van der Waals surface area contributed by atoms with Crippen LogP contribution in [0.2, 0.25) is 0 Å². The Kier molecular flexibility index (Phi) is 3.93. The summed E-state index contributed by atoms with van der Waals surface area (Å²) in [6, 6.07) is 0. The first-order valence-electron chi connectivity index (χ1n) is 5.42. The molecule has 0 fully saturated rings. The van der Waals surface area contributed by atoms with E-state index in [1.54, 1.807) is 18.3 Å². The second kappa shape index (κ2) is 5.45. The number of nitrogens with zero attached hydrogens (tertiary/aromatic N) is 2. The van der Waals surface area contributed by atoms with Crippen molar-refractivity contribution >= 4 is 33.8 Å². The van der Waals surface area contributed by atoms with Gasteiger partial charge in [-0.15, -0.1) is 11.3 Å². The first-order valence-corrected chi connectivity index (χ1v) is 7.07. The van der Waals surface area contributed by atoms with Gasteiger partial charge >= 0.3 is 5.97 Å². The van der Waals surface area contributed by atoms with Crippen LogP contribution in [0.25, 0.3) is 0 Å². The number of carboxylic acids is 1. The Balaban J connectivity index is 1.96. The van der Waals surface area contributed by atoms with E-state index < -0.39 is 5.97 Å². The molecule has 7 heteroatoms. The molecule has 0 bridgehead atoms. The highest BCUT2D eigenvalue weighted by molar-refractivity contribution is 7.10. The third-order valence-electron chi connectivity index (χ3n) is 2.41. The van der Waals surface area contributed by atoms with E-state index in [0.29, 0.717) is 17.2 Å². The van der Waals surface area contributed by atoms with Gasteiger partial charge in [0.1, 0.15) is 10.6 Å². The molecular formula is C11H13N3O2S2. The number of anilines is 1. The molecule has 0 amide bonds. The van der Waals surface area contributed by atoms with Gasteiger partial charge in [-0.05, 0) is 25.4 Å². The summed E-state index contributed by atoms with van der Waals surface area (Å²) < 4.78 is 4.05. The highest BCUT2D eigenvalue weighted by Gasteiger charge is 2.16. The lowest BCUT2D eigenvalue weighted by molar-refractivity contribution is 0.0697. The van der Waals surface area contributed by atoms with Crippen LogP contribution < -0.4 is 5.32 Å². The summed E-state index contributed by atoms with van der Waals surface area (Å²) in [5.74, 6) is -0.937. The molecule has 18 heavy (non-hydrogen) atoms. The second-order valence-electron chi connectivity index (χ2n) is 3.81. The minimum absolute atomic E-state index is 0.273. The Morgan fingerprint density at radius 3 is 2.89 bits per heavy atom. The molecule has 0 spiro atoms. The summed E-state index contributed by atoms with van der Waals surface area (Å²) in [6.45, 7) is 4.33. The average molecular weight is 283 g/mol. The van der Waals surface area contributed by atoms with Crippen molar-refractivity contribution in [3.63, 3.8) is 0 Å². The van der Waals surface area contributed by atoms with Gasteiger partial charge in [0, 0.05) is 18.3 Å². The first-order chi connectivity index (χ1) is 8.58. The van der Waals surface area contributed by atoms with E-state index >= 15 is 0 Å². The minimum Gasteiger partial charge on any atom is -0.478 e. The molecule has 0 saturated heterocycles. The molecular weight excluding hydrogens is 270 g/mol. The van der Waals surface area contributed by atoms with Crippen molar-refractivity contribution in [3.05, 3.63) is 27.3 Å². The predicted molar refractivity (Wildman–Crippen MR) is 72.9 cm³/mol. The van der Waals surface area contributed by atoms with Crippen LogP contribution in [0.3, 0.4) is 0 Å². The van der Waals surface area contributed by atoms with Gasteiger partial charge in [-0.25, -0.2) is 9.78 Å². The zero-order valence-electron chi connectivity index (χ0n) is 10.1. The number of carbonyl (C=O) groups is 1. The van der Waals surface area contributed by atoms with Crippen LogP contribution in [0.5, 0.6) is 0 Å². The van der Waals surface area contributed by atoms with Crippen LogP contribution in [-0.2, 0) is 6.42 Å². The Labute approximate surface area is 113 Å². The van der Waals surface area contributed by atoms with Crippen LogP contribution >= 0.6 is 22.9 Å². The van der Waals surface area contributed by atoms with E-state index in [9.17, 15) is 4.79 Å². The highest BCUT2D eigenvalue weighted by atomic mass is 32.1. The van der Waals surface area contributed by atoms with Gasteiger partial charge < -0.3 is 10.4 Å². The van der Waals surface area contributed by atoms with Crippen molar-refractivity contribution in [3.8, 4) is 0 Å². The molecule has 96 valence electrons. The van der Waals surface area contributed by atoms with Gasteiger partial charge in [0.05, 0.1) is 16.4 Å². The van der Waals surface area contributed by atoms with Crippen LogP contribution in [0.1, 0.15) is 26.8 Å². The summed E-state index contributed by atoms with van der Waals surface area (Å²) in [6.07, 6.45) is 0.778. The third-order valence-corrected chi connectivity index (χ3v) is 4.13. The quantitative estimate of drug-likeness (QED) is 0.882. The summed E-state index contributed by atoms with van der Waals surface area (Å²) >= 11 is 2.81. The van der Waals surface area contributed by atoms with Crippen LogP contribution in [0, 0.1) is 13.8 Å². The monoisotopic (exact) mass is 283 g/mol. The fourth-order valence-electron chi connectivity index (χ4n) is 1.57. The standard InChI is InChI=1S/C11H13N3O2S2/c1-6-9(11(15)16)10(18-14-6)12-4-3-8-5-17-7(2)13-8/h5,12H,3-4H2,1-2H3,(H,15,16). The van der Waals surface area contributed by atoms with Gasteiger partial charge in [0.2, 0.25) is 0 Å². The summed E-state index contributed by atoms with van der Waals surface area (Å²) in [5, 5.41) is 15.9. The number of nitrogens with one attached hydrogen (secondary N) is 1. The Bertz CT molecular complexity index is 562. The van der Waals surface area contributed by atoms with E-state index in [0.717, 1.165) is 17.1 Å². The molecule has 0 aliphatic heterocycles. The minimum atomic E-state index is -0.937. The smallest absolute Gasteiger partial charge is 0.340 e. The number of hydrogen-bond donors (Lipinski definition) is 2. The third kappa shape index (κ3) is 2.85. The molecule has 0 saturated carbocycles.